The van der Waals surface area contributed by atoms with Gasteiger partial charge in [-0.05, 0) is 29.3 Å². The van der Waals surface area contributed by atoms with Gasteiger partial charge in [-0.25, -0.2) is 31.9 Å². The Kier molecular flexibility index (Phi) is 4.26. The van der Waals surface area contributed by atoms with Crippen LogP contribution in [0.1, 0.15) is 5.56 Å². The molecule has 0 atom stereocenters. The maximum absolute atomic E-state index is 13.0. The average molecular weight is 320 g/mol. The van der Waals surface area contributed by atoms with Gasteiger partial charge in [0, 0.05) is 6.54 Å². The second-order valence-corrected chi connectivity index (χ2v) is 5.87. The fraction of sp³-hybridized carbons (Fsp3) is 0.0909. The first-order valence-corrected chi connectivity index (χ1v) is 7.16. The molecule has 0 amide bonds. The van der Waals surface area contributed by atoms with Crippen molar-refractivity contribution >= 4 is 21.6 Å². The Bertz CT molecular complexity index is 723. The first-order chi connectivity index (χ1) is 9.38. The van der Waals surface area contributed by atoms with E-state index in [4.69, 9.17) is 11.6 Å². The second kappa shape index (κ2) is 5.78. The highest BCUT2D eigenvalue weighted by Gasteiger charge is 2.15. The zero-order valence-electron chi connectivity index (χ0n) is 9.85. The van der Waals surface area contributed by atoms with Crippen molar-refractivity contribution in [1.29, 1.82) is 0 Å². The quantitative estimate of drug-likeness (QED) is 0.874. The normalized spacial score (nSPS) is 11.6. The molecule has 9 heteroatoms. The van der Waals surface area contributed by atoms with Gasteiger partial charge in [-0.1, -0.05) is 6.07 Å². The first kappa shape index (κ1) is 14.8. The SMILES string of the molecule is O=S(=O)(NCc1ccc(F)c(F)c1)c1cnc(Cl)nc1. The lowest BCUT2D eigenvalue weighted by Crippen LogP contribution is -2.23. The molecule has 0 bridgehead atoms. The molecule has 2 aromatic rings. The van der Waals surface area contributed by atoms with Crippen LogP contribution in [0.15, 0.2) is 35.5 Å². The summed E-state index contributed by atoms with van der Waals surface area (Å²) in [6, 6.07) is 3.11. The number of nitrogens with one attached hydrogen (secondary N) is 1. The van der Waals surface area contributed by atoms with E-state index >= 15 is 0 Å². The van der Waals surface area contributed by atoms with E-state index in [0.29, 0.717) is 0 Å². The molecule has 0 saturated heterocycles. The molecular weight excluding hydrogens is 312 g/mol. The van der Waals surface area contributed by atoms with Crippen molar-refractivity contribution < 1.29 is 17.2 Å². The maximum Gasteiger partial charge on any atom is 0.243 e. The standard InChI is InChI=1S/C11H8ClF2N3O2S/c12-11-15-5-8(6-16-11)20(18,19)17-4-7-1-2-9(13)10(14)3-7/h1-3,5-6,17H,4H2. The molecule has 1 heterocycles. The topological polar surface area (TPSA) is 72.0 Å². The van der Waals surface area contributed by atoms with Crippen LogP contribution in [0.2, 0.25) is 5.28 Å². The number of sulfonamides is 1. The Hall–Kier alpha value is -1.64. The number of benzene rings is 1. The van der Waals surface area contributed by atoms with Gasteiger partial charge >= 0.3 is 0 Å². The predicted molar refractivity (Wildman–Crippen MR) is 67.4 cm³/mol. The van der Waals surface area contributed by atoms with Gasteiger partial charge in [0.1, 0.15) is 4.90 Å². The van der Waals surface area contributed by atoms with Crippen LogP contribution < -0.4 is 4.72 Å². The van der Waals surface area contributed by atoms with E-state index in [-0.39, 0.29) is 22.3 Å². The van der Waals surface area contributed by atoms with E-state index in [2.05, 4.69) is 14.7 Å². The molecule has 0 saturated carbocycles. The molecular formula is C11H8ClF2N3O2S. The highest BCUT2D eigenvalue weighted by atomic mass is 35.5. The van der Waals surface area contributed by atoms with E-state index in [0.717, 1.165) is 24.5 Å². The van der Waals surface area contributed by atoms with Gasteiger partial charge in [0.25, 0.3) is 0 Å². The van der Waals surface area contributed by atoms with Crippen molar-refractivity contribution in [2.45, 2.75) is 11.4 Å². The summed E-state index contributed by atoms with van der Waals surface area (Å²) in [6.07, 6.45) is 2.09. The number of hydrogen-bond donors (Lipinski definition) is 1. The largest absolute Gasteiger partial charge is 0.243 e. The second-order valence-electron chi connectivity index (χ2n) is 3.76. The van der Waals surface area contributed by atoms with Crippen molar-refractivity contribution in [3.63, 3.8) is 0 Å². The third-order valence-corrected chi connectivity index (χ3v) is 3.91. The fourth-order valence-corrected chi connectivity index (χ4v) is 2.35. The summed E-state index contributed by atoms with van der Waals surface area (Å²) in [4.78, 5) is 6.93. The van der Waals surface area contributed by atoms with Gasteiger partial charge in [0.15, 0.2) is 11.6 Å². The van der Waals surface area contributed by atoms with Crippen molar-refractivity contribution in [3.05, 3.63) is 53.1 Å². The first-order valence-electron chi connectivity index (χ1n) is 5.29. The highest BCUT2D eigenvalue weighted by Crippen LogP contribution is 2.11. The van der Waals surface area contributed by atoms with Gasteiger partial charge in [-0.3, -0.25) is 0 Å². The molecule has 0 aliphatic rings. The van der Waals surface area contributed by atoms with Gasteiger partial charge < -0.3 is 0 Å². The van der Waals surface area contributed by atoms with Gasteiger partial charge in [0.05, 0.1) is 12.4 Å². The Morgan fingerprint density at radius 3 is 2.40 bits per heavy atom. The maximum atomic E-state index is 13.0. The van der Waals surface area contributed by atoms with E-state index in [9.17, 15) is 17.2 Å². The summed E-state index contributed by atoms with van der Waals surface area (Å²) in [5.41, 5.74) is 0.280. The zero-order chi connectivity index (χ0) is 14.8. The zero-order valence-corrected chi connectivity index (χ0v) is 11.4. The Labute approximate surface area is 118 Å². The van der Waals surface area contributed by atoms with E-state index in [1.54, 1.807) is 0 Å². The Morgan fingerprint density at radius 2 is 1.80 bits per heavy atom. The summed E-state index contributed by atoms with van der Waals surface area (Å²) in [6.45, 7) is -0.192. The van der Waals surface area contributed by atoms with Gasteiger partial charge in [-0.2, -0.15) is 0 Å². The van der Waals surface area contributed by atoms with Crippen LogP contribution in [0, 0.1) is 11.6 Å². The number of rotatable bonds is 4. The molecule has 1 aromatic carbocycles. The number of hydrogen-bond acceptors (Lipinski definition) is 4. The lowest BCUT2D eigenvalue weighted by Gasteiger charge is -2.06. The minimum absolute atomic E-state index is 0.0791. The fourth-order valence-electron chi connectivity index (χ4n) is 1.35. The predicted octanol–water partition coefficient (Wildman–Crippen LogP) is 1.89. The van der Waals surface area contributed by atoms with E-state index < -0.39 is 21.7 Å². The van der Waals surface area contributed by atoms with Crippen molar-refractivity contribution in [1.82, 2.24) is 14.7 Å². The number of nitrogens with zero attached hydrogens (tertiary/aromatic N) is 2. The summed E-state index contributed by atoms with van der Waals surface area (Å²) in [5.74, 6) is -2.04. The molecule has 0 radical (unpaired) electrons. The lowest BCUT2D eigenvalue weighted by atomic mass is 10.2. The molecule has 1 aromatic heterocycles. The molecule has 0 fully saturated rings. The smallest absolute Gasteiger partial charge is 0.225 e. The van der Waals surface area contributed by atoms with E-state index in [1.165, 1.54) is 6.07 Å². The van der Waals surface area contributed by atoms with Crippen LogP contribution in [0.25, 0.3) is 0 Å². The minimum Gasteiger partial charge on any atom is -0.225 e. The molecule has 0 spiro atoms. The molecule has 106 valence electrons. The Morgan fingerprint density at radius 1 is 1.15 bits per heavy atom. The van der Waals surface area contributed by atoms with Crippen LogP contribution in [0.4, 0.5) is 8.78 Å². The van der Waals surface area contributed by atoms with Crippen LogP contribution in [0.5, 0.6) is 0 Å². The summed E-state index contributed by atoms with van der Waals surface area (Å²) in [5, 5.41) is -0.0791. The van der Waals surface area contributed by atoms with Crippen molar-refractivity contribution in [3.8, 4) is 0 Å². The monoisotopic (exact) mass is 319 g/mol. The molecule has 0 aliphatic carbocycles. The molecule has 20 heavy (non-hydrogen) atoms. The lowest BCUT2D eigenvalue weighted by molar-refractivity contribution is 0.506. The third kappa shape index (κ3) is 3.47. The van der Waals surface area contributed by atoms with Crippen LogP contribution >= 0.6 is 11.6 Å². The average Bonchev–Trinajstić information content (AvgIpc) is 2.41. The molecule has 0 aliphatic heterocycles. The van der Waals surface area contributed by atoms with Crippen molar-refractivity contribution in [2.75, 3.05) is 0 Å². The Balaban J connectivity index is 2.13. The molecule has 5 nitrogen and oxygen atoms in total. The minimum atomic E-state index is -3.85. The van der Waals surface area contributed by atoms with E-state index in [1.807, 2.05) is 0 Å². The molecule has 2 rings (SSSR count). The number of halogens is 3. The highest BCUT2D eigenvalue weighted by molar-refractivity contribution is 7.89. The van der Waals surface area contributed by atoms with Crippen LogP contribution in [-0.4, -0.2) is 18.4 Å². The summed E-state index contributed by atoms with van der Waals surface area (Å²) in [7, 11) is -3.85. The van der Waals surface area contributed by atoms with Gasteiger partial charge in [0.2, 0.25) is 15.3 Å². The molecule has 0 unspecified atom stereocenters. The van der Waals surface area contributed by atoms with Crippen LogP contribution in [0.3, 0.4) is 0 Å². The van der Waals surface area contributed by atoms with Crippen LogP contribution in [-0.2, 0) is 16.6 Å². The van der Waals surface area contributed by atoms with Gasteiger partial charge in [-0.15, -0.1) is 0 Å². The number of aromatic nitrogens is 2. The summed E-state index contributed by atoms with van der Waals surface area (Å²) >= 11 is 5.45. The summed E-state index contributed by atoms with van der Waals surface area (Å²) < 4.78 is 51.7. The molecule has 1 N–H and O–H groups in total. The third-order valence-electron chi connectivity index (χ3n) is 2.36. The van der Waals surface area contributed by atoms with Crippen molar-refractivity contribution in [2.24, 2.45) is 0 Å².